The van der Waals surface area contributed by atoms with Crippen molar-refractivity contribution >= 4 is 11.6 Å². The van der Waals surface area contributed by atoms with Crippen molar-refractivity contribution in [3.8, 4) is 0 Å². The summed E-state index contributed by atoms with van der Waals surface area (Å²) in [5.74, 6) is -0.705. The average Bonchev–Trinajstić information content (AvgIpc) is 2.37. The number of nitrogens with one attached hydrogen (secondary N) is 1. The van der Waals surface area contributed by atoms with Gasteiger partial charge in [-0.2, -0.15) is 0 Å². The van der Waals surface area contributed by atoms with Crippen LogP contribution in [0, 0.1) is 11.7 Å². The summed E-state index contributed by atoms with van der Waals surface area (Å²) in [5, 5.41) is 12.0. The van der Waals surface area contributed by atoms with Gasteiger partial charge < -0.3 is 15.3 Å². The van der Waals surface area contributed by atoms with Gasteiger partial charge in [-0.25, -0.2) is 4.39 Å². The third-order valence-corrected chi connectivity index (χ3v) is 3.11. The van der Waals surface area contributed by atoms with Gasteiger partial charge in [-0.05, 0) is 24.6 Å². The second kappa shape index (κ2) is 6.52. The van der Waals surface area contributed by atoms with Gasteiger partial charge in [0, 0.05) is 20.6 Å². The first-order valence-corrected chi connectivity index (χ1v) is 6.27. The van der Waals surface area contributed by atoms with Gasteiger partial charge >= 0.3 is 0 Å². The largest absolute Gasteiger partial charge is 0.389 e. The van der Waals surface area contributed by atoms with Crippen molar-refractivity contribution in [2.24, 2.45) is 5.92 Å². The highest BCUT2D eigenvalue weighted by Crippen LogP contribution is 2.23. The number of aliphatic hydroxyl groups excluding tert-OH is 1. The van der Waals surface area contributed by atoms with Gasteiger partial charge in [-0.3, -0.25) is 4.79 Å². The molecule has 4 nitrogen and oxygen atoms in total. The highest BCUT2D eigenvalue weighted by molar-refractivity contribution is 5.78. The SMILES string of the molecule is CNC(=O)C(C)CN(C)c1ccc([C@H](C)O)cc1F. The molecule has 0 radical (unpaired) electrons. The Morgan fingerprint density at radius 3 is 2.58 bits per heavy atom. The van der Waals surface area contributed by atoms with Gasteiger partial charge in [-0.1, -0.05) is 13.0 Å². The fourth-order valence-electron chi connectivity index (χ4n) is 1.93. The van der Waals surface area contributed by atoms with Gasteiger partial charge in [0.25, 0.3) is 0 Å². The molecule has 0 heterocycles. The molecule has 106 valence electrons. The summed E-state index contributed by atoms with van der Waals surface area (Å²) < 4.78 is 13.9. The zero-order chi connectivity index (χ0) is 14.6. The van der Waals surface area contributed by atoms with Gasteiger partial charge in [0.15, 0.2) is 0 Å². The summed E-state index contributed by atoms with van der Waals surface area (Å²) in [6, 6.07) is 4.62. The Morgan fingerprint density at radius 1 is 1.47 bits per heavy atom. The number of hydrogen-bond donors (Lipinski definition) is 2. The Labute approximate surface area is 113 Å². The maximum Gasteiger partial charge on any atom is 0.224 e. The van der Waals surface area contributed by atoms with Crippen molar-refractivity contribution in [1.82, 2.24) is 5.32 Å². The van der Waals surface area contributed by atoms with Crippen molar-refractivity contribution < 1.29 is 14.3 Å². The Balaban J connectivity index is 2.83. The Hall–Kier alpha value is -1.62. The van der Waals surface area contributed by atoms with E-state index in [4.69, 9.17) is 0 Å². The molecular weight excluding hydrogens is 247 g/mol. The van der Waals surface area contributed by atoms with E-state index in [9.17, 15) is 14.3 Å². The number of rotatable bonds is 5. The summed E-state index contributed by atoms with van der Waals surface area (Å²) in [6.45, 7) is 3.80. The van der Waals surface area contributed by atoms with Gasteiger partial charge in [0.1, 0.15) is 5.82 Å². The molecule has 2 N–H and O–H groups in total. The van der Waals surface area contributed by atoms with Crippen LogP contribution in [-0.2, 0) is 4.79 Å². The Bertz CT molecular complexity index is 449. The van der Waals surface area contributed by atoms with Crippen LogP contribution in [0.25, 0.3) is 0 Å². The fraction of sp³-hybridized carbons (Fsp3) is 0.500. The third-order valence-electron chi connectivity index (χ3n) is 3.11. The van der Waals surface area contributed by atoms with E-state index in [0.29, 0.717) is 17.8 Å². The number of benzene rings is 1. The lowest BCUT2D eigenvalue weighted by molar-refractivity contribution is -0.123. The number of halogens is 1. The molecule has 0 aliphatic carbocycles. The lowest BCUT2D eigenvalue weighted by atomic mass is 10.1. The Morgan fingerprint density at radius 2 is 2.11 bits per heavy atom. The quantitative estimate of drug-likeness (QED) is 0.854. The first kappa shape index (κ1) is 15.4. The molecular formula is C14H21FN2O2. The lowest BCUT2D eigenvalue weighted by Crippen LogP contribution is -2.34. The summed E-state index contributed by atoms with van der Waals surface area (Å²) in [7, 11) is 3.32. The summed E-state index contributed by atoms with van der Waals surface area (Å²) >= 11 is 0. The molecule has 1 aromatic carbocycles. The zero-order valence-electron chi connectivity index (χ0n) is 11.8. The minimum atomic E-state index is -0.696. The number of aliphatic hydroxyl groups is 1. The van der Waals surface area contributed by atoms with Crippen LogP contribution in [0.4, 0.5) is 10.1 Å². The number of hydrogen-bond acceptors (Lipinski definition) is 3. The standard InChI is InChI=1S/C14H21FN2O2/c1-9(14(19)16-3)8-17(4)13-6-5-11(10(2)18)7-12(13)15/h5-7,9-10,18H,8H2,1-4H3,(H,16,19)/t9?,10-/m0/s1. The molecule has 0 aliphatic rings. The van der Waals surface area contributed by atoms with Crippen LogP contribution in [0.5, 0.6) is 0 Å². The van der Waals surface area contributed by atoms with E-state index < -0.39 is 11.9 Å². The van der Waals surface area contributed by atoms with Crippen LogP contribution in [0.15, 0.2) is 18.2 Å². The summed E-state index contributed by atoms with van der Waals surface area (Å²) in [6.07, 6.45) is -0.696. The van der Waals surface area contributed by atoms with E-state index in [-0.39, 0.29) is 11.8 Å². The van der Waals surface area contributed by atoms with E-state index in [1.54, 1.807) is 45.0 Å². The van der Waals surface area contributed by atoms with E-state index >= 15 is 0 Å². The smallest absolute Gasteiger partial charge is 0.224 e. The molecule has 0 aromatic heterocycles. The molecule has 19 heavy (non-hydrogen) atoms. The predicted molar refractivity (Wildman–Crippen MR) is 73.5 cm³/mol. The van der Waals surface area contributed by atoms with Gasteiger partial charge in [-0.15, -0.1) is 0 Å². The molecule has 0 bridgehead atoms. The number of carbonyl (C=O) groups is 1. The van der Waals surface area contributed by atoms with Crippen LogP contribution in [0.2, 0.25) is 0 Å². The molecule has 1 amide bonds. The van der Waals surface area contributed by atoms with E-state index in [1.807, 2.05) is 0 Å². The van der Waals surface area contributed by atoms with Crippen LogP contribution in [-0.4, -0.2) is 31.7 Å². The highest BCUT2D eigenvalue weighted by atomic mass is 19.1. The van der Waals surface area contributed by atoms with Crippen molar-refractivity contribution in [1.29, 1.82) is 0 Å². The molecule has 0 saturated heterocycles. The predicted octanol–water partition coefficient (Wildman–Crippen LogP) is 1.70. The zero-order valence-corrected chi connectivity index (χ0v) is 11.8. The molecule has 1 aromatic rings. The third kappa shape index (κ3) is 3.92. The maximum absolute atomic E-state index is 13.9. The first-order chi connectivity index (χ1) is 8.86. The molecule has 1 rings (SSSR count). The van der Waals surface area contributed by atoms with Crippen LogP contribution < -0.4 is 10.2 Å². The topological polar surface area (TPSA) is 52.6 Å². The van der Waals surface area contributed by atoms with Crippen molar-refractivity contribution in [3.05, 3.63) is 29.6 Å². The second-order valence-corrected chi connectivity index (χ2v) is 4.78. The number of amides is 1. The van der Waals surface area contributed by atoms with Crippen LogP contribution in [0.3, 0.4) is 0 Å². The number of carbonyl (C=O) groups excluding carboxylic acids is 1. The number of anilines is 1. The first-order valence-electron chi connectivity index (χ1n) is 6.27. The minimum Gasteiger partial charge on any atom is -0.389 e. The van der Waals surface area contributed by atoms with Crippen molar-refractivity contribution in [2.75, 3.05) is 25.5 Å². The molecule has 0 spiro atoms. The van der Waals surface area contributed by atoms with Crippen molar-refractivity contribution in [2.45, 2.75) is 20.0 Å². The van der Waals surface area contributed by atoms with E-state index in [0.717, 1.165) is 0 Å². The highest BCUT2D eigenvalue weighted by Gasteiger charge is 2.16. The minimum absolute atomic E-state index is 0.0761. The average molecular weight is 268 g/mol. The molecule has 1 unspecified atom stereocenters. The van der Waals surface area contributed by atoms with E-state index in [1.165, 1.54) is 6.07 Å². The van der Waals surface area contributed by atoms with Crippen molar-refractivity contribution in [3.63, 3.8) is 0 Å². The molecule has 0 aliphatic heterocycles. The lowest BCUT2D eigenvalue weighted by Gasteiger charge is -2.23. The number of nitrogens with zero attached hydrogens (tertiary/aromatic N) is 1. The normalized spacial score (nSPS) is 13.8. The molecule has 0 saturated carbocycles. The fourth-order valence-corrected chi connectivity index (χ4v) is 1.93. The second-order valence-electron chi connectivity index (χ2n) is 4.78. The summed E-state index contributed by atoms with van der Waals surface area (Å²) in [5.41, 5.74) is 0.953. The molecule has 2 atom stereocenters. The molecule has 5 heteroatoms. The van der Waals surface area contributed by atoms with Crippen LogP contribution >= 0.6 is 0 Å². The van der Waals surface area contributed by atoms with Gasteiger partial charge in [0.2, 0.25) is 5.91 Å². The van der Waals surface area contributed by atoms with E-state index in [2.05, 4.69) is 5.32 Å². The monoisotopic (exact) mass is 268 g/mol. The Kier molecular flexibility index (Phi) is 5.30. The van der Waals surface area contributed by atoms with Gasteiger partial charge in [0.05, 0.1) is 17.7 Å². The summed E-state index contributed by atoms with van der Waals surface area (Å²) in [4.78, 5) is 13.1. The maximum atomic E-state index is 13.9. The van der Waals surface area contributed by atoms with Crippen LogP contribution in [0.1, 0.15) is 25.5 Å². The molecule has 0 fully saturated rings.